The second-order valence-electron chi connectivity index (χ2n) is 4.79. The lowest BCUT2D eigenvalue weighted by molar-refractivity contribution is 0.579. The van der Waals surface area contributed by atoms with Gasteiger partial charge in [0, 0.05) is 12.6 Å². The van der Waals surface area contributed by atoms with Crippen molar-refractivity contribution in [2.45, 2.75) is 0 Å². The minimum Gasteiger partial charge on any atom is -0.327 e. The zero-order valence-electron chi connectivity index (χ0n) is 11.7. The molecular formula is C17H11F2N3. The van der Waals surface area contributed by atoms with Gasteiger partial charge in [-0.1, -0.05) is 18.2 Å². The van der Waals surface area contributed by atoms with Crippen LogP contribution in [0.2, 0.25) is 0 Å². The minimum atomic E-state index is -0.716. The van der Waals surface area contributed by atoms with Crippen LogP contribution in [0.25, 0.3) is 22.7 Å². The smallest absolute Gasteiger partial charge is 0.151 e. The first-order valence-corrected chi connectivity index (χ1v) is 6.59. The van der Waals surface area contributed by atoms with Gasteiger partial charge in [0.2, 0.25) is 0 Å². The van der Waals surface area contributed by atoms with Crippen LogP contribution in [-0.2, 0) is 7.05 Å². The average Bonchev–Trinajstić information content (AvgIpc) is 2.85. The fourth-order valence-corrected chi connectivity index (χ4v) is 2.33. The largest absolute Gasteiger partial charge is 0.327 e. The third-order valence-corrected chi connectivity index (χ3v) is 3.44. The van der Waals surface area contributed by atoms with E-state index in [2.05, 4.69) is 4.98 Å². The number of fused-ring (bicyclic) bond motifs is 1. The van der Waals surface area contributed by atoms with Gasteiger partial charge < -0.3 is 4.57 Å². The van der Waals surface area contributed by atoms with Gasteiger partial charge in [0.1, 0.15) is 17.7 Å². The van der Waals surface area contributed by atoms with Crippen LogP contribution in [0.5, 0.6) is 0 Å². The summed E-state index contributed by atoms with van der Waals surface area (Å²) in [6.07, 6.45) is 1.19. The van der Waals surface area contributed by atoms with Crippen molar-refractivity contribution < 1.29 is 8.78 Å². The van der Waals surface area contributed by atoms with E-state index in [1.165, 1.54) is 12.1 Å². The highest BCUT2D eigenvalue weighted by Crippen LogP contribution is 2.23. The van der Waals surface area contributed by atoms with Crippen molar-refractivity contribution in [1.82, 2.24) is 9.55 Å². The SMILES string of the molecule is Cn1c(/C(C#N)=C/c2c(F)cccc2F)nc2ccccc21. The molecule has 0 bridgehead atoms. The quantitative estimate of drug-likeness (QED) is 0.672. The summed E-state index contributed by atoms with van der Waals surface area (Å²) >= 11 is 0. The molecule has 0 aliphatic rings. The van der Waals surface area contributed by atoms with Gasteiger partial charge in [-0.25, -0.2) is 13.8 Å². The van der Waals surface area contributed by atoms with E-state index in [0.29, 0.717) is 5.82 Å². The Balaban J connectivity index is 2.21. The molecule has 3 nitrogen and oxygen atoms in total. The van der Waals surface area contributed by atoms with Gasteiger partial charge >= 0.3 is 0 Å². The van der Waals surface area contributed by atoms with E-state index in [1.807, 2.05) is 30.3 Å². The Morgan fingerprint density at radius 3 is 2.45 bits per heavy atom. The Morgan fingerprint density at radius 2 is 1.82 bits per heavy atom. The summed E-state index contributed by atoms with van der Waals surface area (Å²) in [5, 5.41) is 9.36. The summed E-state index contributed by atoms with van der Waals surface area (Å²) in [6.45, 7) is 0. The molecule has 0 saturated carbocycles. The number of para-hydroxylation sites is 2. The molecule has 108 valence electrons. The highest BCUT2D eigenvalue weighted by molar-refractivity contribution is 5.90. The number of benzene rings is 2. The number of rotatable bonds is 2. The number of hydrogen-bond donors (Lipinski definition) is 0. The molecule has 2 aromatic carbocycles. The highest BCUT2D eigenvalue weighted by Gasteiger charge is 2.14. The van der Waals surface area contributed by atoms with Gasteiger partial charge in [0.25, 0.3) is 0 Å². The number of imidazole rings is 1. The summed E-state index contributed by atoms with van der Waals surface area (Å²) in [6, 6.07) is 12.9. The van der Waals surface area contributed by atoms with Gasteiger partial charge in [-0.05, 0) is 30.3 Å². The molecule has 5 heteroatoms. The molecule has 1 aromatic heterocycles. The third kappa shape index (κ3) is 2.25. The molecule has 0 saturated heterocycles. The maximum Gasteiger partial charge on any atom is 0.151 e. The maximum absolute atomic E-state index is 13.7. The Morgan fingerprint density at radius 1 is 1.14 bits per heavy atom. The minimum absolute atomic E-state index is 0.0997. The summed E-state index contributed by atoms with van der Waals surface area (Å²) in [5.41, 5.74) is 1.41. The van der Waals surface area contributed by atoms with Crippen LogP contribution in [0.1, 0.15) is 11.4 Å². The normalized spacial score (nSPS) is 11.6. The Hall–Kier alpha value is -3.00. The monoisotopic (exact) mass is 295 g/mol. The van der Waals surface area contributed by atoms with E-state index in [-0.39, 0.29) is 11.1 Å². The number of hydrogen-bond acceptors (Lipinski definition) is 2. The predicted octanol–water partition coefficient (Wildman–Crippen LogP) is 3.92. The van der Waals surface area contributed by atoms with Crippen LogP contribution < -0.4 is 0 Å². The van der Waals surface area contributed by atoms with Crippen molar-refractivity contribution in [2.75, 3.05) is 0 Å². The number of aryl methyl sites for hydroxylation is 1. The fourth-order valence-electron chi connectivity index (χ4n) is 2.33. The first-order valence-electron chi connectivity index (χ1n) is 6.59. The number of nitrogens with zero attached hydrogens (tertiary/aromatic N) is 3. The van der Waals surface area contributed by atoms with E-state index in [1.54, 1.807) is 11.6 Å². The maximum atomic E-state index is 13.7. The summed E-state index contributed by atoms with van der Waals surface area (Å²) < 4.78 is 29.2. The molecular weight excluding hydrogens is 284 g/mol. The molecule has 0 spiro atoms. The zero-order chi connectivity index (χ0) is 15.7. The topological polar surface area (TPSA) is 41.6 Å². The van der Waals surface area contributed by atoms with Crippen molar-refractivity contribution in [2.24, 2.45) is 7.05 Å². The van der Waals surface area contributed by atoms with Crippen molar-refractivity contribution in [3.8, 4) is 6.07 Å². The van der Waals surface area contributed by atoms with Crippen LogP contribution in [0.4, 0.5) is 8.78 Å². The van der Waals surface area contributed by atoms with Crippen LogP contribution in [0.3, 0.4) is 0 Å². The van der Waals surface area contributed by atoms with Crippen molar-refractivity contribution in [3.05, 3.63) is 65.5 Å². The third-order valence-electron chi connectivity index (χ3n) is 3.44. The Kier molecular flexibility index (Phi) is 3.43. The highest BCUT2D eigenvalue weighted by atomic mass is 19.1. The lowest BCUT2D eigenvalue weighted by Crippen LogP contribution is -1.97. The Bertz CT molecular complexity index is 912. The molecule has 22 heavy (non-hydrogen) atoms. The number of allylic oxidation sites excluding steroid dienone is 1. The summed E-state index contributed by atoms with van der Waals surface area (Å²) in [4.78, 5) is 4.37. The molecule has 0 radical (unpaired) electrons. The molecule has 0 N–H and O–H groups in total. The van der Waals surface area contributed by atoms with E-state index < -0.39 is 11.6 Å². The van der Waals surface area contributed by atoms with Gasteiger partial charge in [0.05, 0.1) is 16.6 Å². The van der Waals surface area contributed by atoms with Gasteiger partial charge in [-0.2, -0.15) is 5.26 Å². The van der Waals surface area contributed by atoms with Gasteiger partial charge in [0.15, 0.2) is 5.82 Å². The second-order valence-corrected chi connectivity index (χ2v) is 4.79. The van der Waals surface area contributed by atoms with Crippen LogP contribution in [0, 0.1) is 23.0 Å². The van der Waals surface area contributed by atoms with Crippen LogP contribution in [0.15, 0.2) is 42.5 Å². The molecule has 3 aromatic rings. The Labute approximate surface area is 125 Å². The first-order chi connectivity index (χ1) is 10.6. The zero-order valence-corrected chi connectivity index (χ0v) is 11.7. The van der Waals surface area contributed by atoms with Crippen LogP contribution in [-0.4, -0.2) is 9.55 Å². The lowest BCUT2D eigenvalue weighted by atomic mass is 10.1. The molecule has 0 fully saturated rings. The van der Waals surface area contributed by atoms with E-state index in [4.69, 9.17) is 0 Å². The van der Waals surface area contributed by atoms with Gasteiger partial charge in [-0.15, -0.1) is 0 Å². The lowest BCUT2D eigenvalue weighted by Gasteiger charge is -2.03. The van der Waals surface area contributed by atoms with E-state index >= 15 is 0 Å². The van der Waals surface area contributed by atoms with Gasteiger partial charge in [-0.3, -0.25) is 0 Å². The van der Waals surface area contributed by atoms with Crippen molar-refractivity contribution in [1.29, 1.82) is 5.26 Å². The average molecular weight is 295 g/mol. The molecule has 1 heterocycles. The second kappa shape index (κ2) is 5.41. The molecule has 3 rings (SSSR count). The molecule has 0 aliphatic heterocycles. The first kappa shape index (κ1) is 14.0. The van der Waals surface area contributed by atoms with Crippen molar-refractivity contribution >= 4 is 22.7 Å². The molecule has 0 atom stereocenters. The van der Waals surface area contributed by atoms with E-state index in [9.17, 15) is 14.0 Å². The molecule has 0 amide bonds. The van der Waals surface area contributed by atoms with Crippen molar-refractivity contribution in [3.63, 3.8) is 0 Å². The summed E-state index contributed by atoms with van der Waals surface area (Å²) in [7, 11) is 1.76. The summed E-state index contributed by atoms with van der Waals surface area (Å²) in [5.74, 6) is -1.07. The number of nitriles is 1. The standard InChI is InChI=1S/C17H11F2N3/c1-22-16-8-3-2-7-15(16)21-17(22)11(10-20)9-12-13(18)5-4-6-14(12)19/h2-9H,1H3/b11-9+. The molecule has 0 unspecified atom stereocenters. The number of halogens is 2. The van der Waals surface area contributed by atoms with E-state index in [0.717, 1.165) is 23.2 Å². The molecule has 0 aliphatic carbocycles. The number of aromatic nitrogens is 2. The predicted molar refractivity (Wildman–Crippen MR) is 80.6 cm³/mol. The fraction of sp³-hybridized carbons (Fsp3) is 0.0588. The van der Waals surface area contributed by atoms with Crippen LogP contribution >= 0.6 is 0 Å².